The van der Waals surface area contributed by atoms with Gasteiger partial charge in [-0.05, 0) is 13.1 Å². The van der Waals surface area contributed by atoms with Crippen LogP contribution in [-0.4, -0.2) is 56.9 Å². The van der Waals surface area contributed by atoms with Gasteiger partial charge in [-0.1, -0.05) is 18.2 Å². The maximum atomic E-state index is 6.04. The topological polar surface area (TPSA) is 72.1 Å². The van der Waals surface area contributed by atoms with Gasteiger partial charge >= 0.3 is 0 Å². The second-order valence-corrected chi connectivity index (χ2v) is 5.85. The summed E-state index contributed by atoms with van der Waals surface area (Å²) in [5, 5.41) is 3.30. The molecule has 2 aliphatic rings. The van der Waals surface area contributed by atoms with Crippen molar-refractivity contribution in [1.29, 1.82) is 0 Å². The van der Waals surface area contributed by atoms with E-state index in [4.69, 9.17) is 15.2 Å². The predicted molar refractivity (Wildman–Crippen MR) is 102 cm³/mol. The fraction of sp³-hybridized carbons (Fsp3) is 0.562. The Hall–Kier alpha value is -1.06. The summed E-state index contributed by atoms with van der Waals surface area (Å²) in [6.45, 7) is 3.92. The van der Waals surface area contributed by atoms with Gasteiger partial charge in [0, 0.05) is 25.1 Å². The summed E-state index contributed by atoms with van der Waals surface area (Å²) in [7, 11) is 2.10. The summed E-state index contributed by atoms with van der Waals surface area (Å²) < 4.78 is 11.3. The Kier molecular flexibility index (Phi) is 6.91. The Morgan fingerprint density at radius 1 is 1.39 bits per heavy atom. The maximum Gasteiger partial charge on any atom is 0.189 e. The molecule has 1 aromatic carbocycles. The second-order valence-electron chi connectivity index (χ2n) is 5.85. The number of hydrogen-bond donors (Lipinski definition) is 2. The lowest BCUT2D eigenvalue weighted by Gasteiger charge is -2.29. The summed E-state index contributed by atoms with van der Waals surface area (Å²) >= 11 is 0. The van der Waals surface area contributed by atoms with Crippen LogP contribution < -0.4 is 15.8 Å². The van der Waals surface area contributed by atoms with Crippen LogP contribution in [0, 0.1) is 0 Å². The minimum absolute atomic E-state index is 0. The first-order chi connectivity index (χ1) is 10.7. The molecule has 0 spiro atoms. The van der Waals surface area contributed by atoms with Crippen molar-refractivity contribution >= 4 is 29.9 Å². The molecule has 0 saturated carbocycles. The van der Waals surface area contributed by atoms with E-state index >= 15 is 0 Å². The van der Waals surface area contributed by atoms with Gasteiger partial charge in [0.05, 0.1) is 31.9 Å². The van der Waals surface area contributed by atoms with E-state index in [9.17, 15) is 0 Å². The first kappa shape index (κ1) is 18.3. The molecule has 0 aromatic heterocycles. The molecule has 3 N–H and O–H groups in total. The van der Waals surface area contributed by atoms with Crippen LogP contribution in [0.25, 0.3) is 0 Å². The van der Waals surface area contributed by atoms with Gasteiger partial charge in [-0.2, -0.15) is 0 Å². The lowest BCUT2D eigenvalue weighted by Crippen LogP contribution is -2.42. The third kappa shape index (κ3) is 4.95. The number of benzene rings is 1. The molecule has 1 fully saturated rings. The quantitative estimate of drug-likeness (QED) is 0.429. The van der Waals surface area contributed by atoms with Crippen LogP contribution in [0.4, 0.5) is 0 Å². The van der Waals surface area contributed by atoms with Crippen molar-refractivity contribution in [3.8, 4) is 5.75 Å². The van der Waals surface area contributed by atoms with Crippen LogP contribution in [0.1, 0.15) is 18.0 Å². The number of ether oxygens (including phenoxy) is 2. The Bertz CT molecular complexity index is 541. The summed E-state index contributed by atoms with van der Waals surface area (Å²) in [6.07, 6.45) is 1.01. The average molecular weight is 432 g/mol. The molecular weight excluding hydrogens is 407 g/mol. The van der Waals surface area contributed by atoms with Crippen molar-refractivity contribution in [2.24, 2.45) is 10.7 Å². The lowest BCUT2D eigenvalue weighted by atomic mass is 10.0. The van der Waals surface area contributed by atoms with Gasteiger partial charge in [-0.25, -0.2) is 0 Å². The molecule has 6 nitrogen and oxygen atoms in total. The number of fused-ring (bicyclic) bond motifs is 1. The highest BCUT2D eigenvalue weighted by molar-refractivity contribution is 14.0. The van der Waals surface area contributed by atoms with Gasteiger partial charge in [0.25, 0.3) is 0 Å². The predicted octanol–water partition coefficient (Wildman–Crippen LogP) is 1.36. The van der Waals surface area contributed by atoms with Crippen molar-refractivity contribution in [3.63, 3.8) is 0 Å². The molecule has 3 rings (SSSR count). The van der Waals surface area contributed by atoms with Crippen molar-refractivity contribution in [2.75, 3.05) is 39.9 Å². The SMILES string of the molecule is CN1CCOC(CN=C(N)NC2CCOc3ccccc32)C1.I. The van der Waals surface area contributed by atoms with Gasteiger partial charge in [-0.15, -0.1) is 24.0 Å². The molecule has 2 aliphatic heterocycles. The van der Waals surface area contributed by atoms with Crippen LogP contribution in [0.5, 0.6) is 5.75 Å². The fourth-order valence-corrected chi connectivity index (χ4v) is 2.89. The molecule has 128 valence electrons. The van der Waals surface area contributed by atoms with Crippen molar-refractivity contribution in [3.05, 3.63) is 29.8 Å². The van der Waals surface area contributed by atoms with Gasteiger partial charge in [0.2, 0.25) is 0 Å². The number of morpholine rings is 1. The Labute approximate surface area is 154 Å². The zero-order valence-electron chi connectivity index (χ0n) is 13.4. The van der Waals surface area contributed by atoms with Crippen molar-refractivity contribution in [1.82, 2.24) is 10.2 Å². The monoisotopic (exact) mass is 432 g/mol. The molecule has 2 atom stereocenters. The largest absolute Gasteiger partial charge is 0.493 e. The Balaban J connectivity index is 0.00000192. The van der Waals surface area contributed by atoms with E-state index in [-0.39, 0.29) is 36.1 Å². The number of aliphatic imine (C=N–C) groups is 1. The highest BCUT2D eigenvalue weighted by atomic mass is 127. The summed E-state index contributed by atoms with van der Waals surface area (Å²) in [5.74, 6) is 1.40. The summed E-state index contributed by atoms with van der Waals surface area (Å²) in [4.78, 5) is 6.69. The van der Waals surface area contributed by atoms with Crippen LogP contribution >= 0.6 is 24.0 Å². The first-order valence-corrected chi connectivity index (χ1v) is 7.80. The Morgan fingerprint density at radius 3 is 3.04 bits per heavy atom. The van der Waals surface area contributed by atoms with Crippen molar-refractivity contribution in [2.45, 2.75) is 18.6 Å². The fourth-order valence-electron chi connectivity index (χ4n) is 2.89. The molecule has 1 saturated heterocycles. The normalized spacial score (nSPS) is 25.0. The number of hydrogen-bond acceptors (Lipinski definition) is 4. The van der Waals surface area contributed by atoms with E-state index < -0.39 is 0 Å². The maximum absolute atomic E-state index is 6.04. The number of halogens is 1. The van der Waals surface area contributed by atoms with E-state index in [2.05, 4.69) is 28.3 Å². The molecule has 7 heteroatoms. The van der Waals surface area contributed by atoms with E-state index in [1.807, 2.05) is 18.2 Å². The molecule has 2 heterocycles. The number of nitrogens with zero attached hydrogens (tertiary/aromatic N) is 2. The van der Waals surface area contributed by atoms with Gasteiger partial charge in [0.15, 0.2) is 5.96 Å². The third-order valence-corrected chi connectivity index (χ3v) is 4.09. The number of para-hydroxylation sites is 1. The van der Waals surface area contributed by atoms with E-state index in [0.29, 0.717) is 19.1 Å². The molecule has 0 amide bonds. The van der Waals surface area contributed by atoms with Gasteiger partial charge in [-0.3, -0.25) is 4.99 Å². The molecular formula is C16H25IN4O2. The number of guanidine groups is 1. The molecule has 1 aromatic rings. The average Bonchev–Trinajstić information content (AvgIpc) is 2.53. The molecule has 0 aliphatic carbocycles. The standard InChI is InChI=1S/C16H24N4O2.HI/c1-20-7-9-21-12(11-20)10-18-16(17)19-14-6-8-22-15-5-3-2-4-13(14)15;/h2-5,12,14H,6-11H2,1H3,(H3,17,18,19);1H. The zero-order chi connectivity index (χ0) is 15.4. The van der Waals surface area contributed by atoms with Crippen LogP contribution in [0.15, 0.2) is 29.3 Å². The van der Waals surface area contributed by atoms with Crippen molar-refractivity contribution < 1.29 is 9.47 Å². The number of rotatable bonds is 3. The van der Waals surface area contributed by atoms with E-state index in [1.165, 1.54) is 0 Å². The van der Waals surface area contributed by atoms with Crippen LogP contribution in [0.3, 0.4) is 0 Å². The molecule has 0 radical (unpaired) electrons. The van der Waals surface area contributed by atoms with E-state index in [1.54, 1.807) is 0 Å². The number of likely N-dealkylation sites (N-methyl/N-ethyl adjacent to an activating group) is 1. The minimum atomic E-state index is 0. The van der Waals surface area contributed by atoms with E-state index in [0.717, 1.165) is 37.4 Å². The molecule has 23 heavy (non-hydrogen) atoms. The number of nitrogens with one attached hydrogen (secondary N) is 1. The Morgan fingerprint density at radius 2 is 2.22 bits per heavy atom. The minimum Gasteiger partial charge on any atom is -0.493 e. The zero-order valence-corrected chi connectivity index (χ0v) is 15.7. The molecule has 0 bridgehead atoms. The van der Waals surface area contributed by atoms with Crippen LogP contribution in [0.2, 0.25) is 0 Å². The second kappa shape index (κ2) is 8.70. The summed E-state index contributed by atoms with van der Waals surface area (Å²) in [6, 6.07) is 8.21. The van der Waals surface area contributed by atoms with Crippen LogP contribution in [-0.2, 0) is 4.74 Å². The smallest absolute Gasteiger partial charge is 0.189 e. The third-order valence-electron chi connectivity index (χ3n) is 4.09. The summed E-state index contributed by atoms with van der Waals surface area (Å²) in [5.41, 5.74) is 7.18. The highest BCUT2D eigenvalue weighted by Crippen LogP contribution is 2.31. The highest BCUT2D eigenvalue weighted by Gasteiger charge is 2.22. The molecule has 2 unspecified atom stereocenters. The van der Waals surface area contributed by atoms with Gasteiger partial charge in [0.1, 0.15) is 5.75 Å². The first-order valence-electron chi connectivity index (χ1n) is 7.80. The lowest BCUT2D eigenvalue weighted by molar-refractivity contribution is -0.0136. The van der Waals surface area contributed by atoms with Gasteiger partial charge < -0.3 is 25.4 Å². The number of nitrogens with two attached hydrogens (primary N) is 1.